The van der Waals surface area contributed by atoms with Crippen LogP contribution in [0.5, 0.6) is 0 Å². The molecule has 0 radical (unpaired) electrons. The van der Waals surface area contributed by atoms with Gasteiger partial charge < -0.3 is 9.80 Å². The first kappa shape index (κ1) is 17.5. The zero-order valence-corrected chi connectivity index (χ0v) is 15.6. The van der Waals surface area contributed by atoms with Gasteiger partial charge >= 0.3 is 0 Å². The highest BCUT2D eigenvalue weighted by atomic mass is 32.1. The van der Waals surface area contributed by atoms with Gasteiger partial charge in [0.15, 0.2) is 5.13 Å². The van der Waals surface area contributed by atoms with Crippen LogP contribution in [0, 0.1) is 0 Å². The molecule has 4 rings (SSSR count). The van der Waals surface area contributed by atoms with E-state index >= 15 is 0 Å². The van der Waals surface area contributed by atoms with Crippen molar-refractivity contribution < 1.29 is 9.59 Å². The molecule has 1 fully saturated rings. The summed E-state index contributed by atoms with van der Waals surface area (Å²) < 4.78 is 0.851. The lowest BCUT2D eigenvalue weighted by molar-refractivity contribution is 0.0664. The van der Waals surface area contributed by atoms with Gasteiger partial charge in [0.1, 0.15) is 5.69 Å². The second-order valence-corrected chi connectivity index (χ2v) is 7.37. The minimum Gasteiger partial charge on any atom is -0.336 e. The number of carbonyl (C=O) groups excluding carboxylic acids is 2. The Labute approximate surface area is 159 Å². The van der Waals surface area contributed by atoms with E-state index in [-0.39, 0.29) is 17.5 Å². The standard InChI is InChI=1S/C18H18N6O2S/c1-23-6-8-24(9-7-23)17(26)12-2-3-13-15(10-12)27-18(21-13)22-16(25)14-11-19-4-5-20-14/h2-5,10-11H,6-9H2,1H3,(H,21,22,25). The summed E-state index contributed by atoms with van der Waals surface area (Å²) >= 11 is 1.33. The number of amides is 2. The van der Waals surface area contributed by atoms with Gasteiger partial charge in [0.2, 0.25) is 0 Å². The summed E-state index contributed by atoms with van der Waals surface area (Å²) in [5.41, 5.74) is 1.61. The number of thiazole rings is 1. The molecule has 1 aliphatic rings. The van der Waals surface area contributed by atoms with Crippen molar-refractivity contribution in [2.75, 3.05) is 38.5 Å². The molecule has 1 N–H and O–H groups in total. The molecule has 2 aromatic heterocycles. The van der Waals surface area contributed by atoms with Gasteiger partial charge in [-0.05, 0) is 25.2 Å². The molecule has 0 bridgehead atoms. The van der Waals surface area contributed by atoms with Crippen LogP contribution < -0.4 is 5.32 Å². The Morgan fingerprint density at radius 1 is 1.15 bits per heavy atom. The number of carbonyl (C=O) groups is 2. The second-order valence-electron chi connectivity index (χ2n) is 6.34. The molecule has 0 aliphatic carbocycles. The van der Waals surface area contributed by atoms with Gasteiger partial charge in [-0.15, -0.1) is 0 Å². The molecule has 8 nitrogen and oxygen atoms in total. The topological polar surface area (TPSA) is 91.3 Å². The molecule has 1 aromatic carbocycles. The second kappa shape index (κ2) is 7.37. The minimum absolute atomic E-state index is 0.0311. The number of likely N-dealkylation sites (N-methyl/N-ethyl adjacent to an activating group) is 1. The first-order valence-corrected chi connectivity index (χ1v) is 9.37. The fourth-order valence-corrected chi connectivity index (χ4v) is 3.78. The highest BCUT2D eigenvalue weighted by molar-refractivity contribution is 7.22. The first-order valence-electron chi connectivity index (χ1n) is 8.56. The summed E-state index contributed by atoms with van der Waals surface area (Å²) in [4.78, 5) is 41.3. The Morgan fingerprint density at radius 2 is 1.96 bits per heavy atom. The van der Waals surface area contributed by atoms with Crippen LogP contribution in [0.2, 0.25) is 0 Å². The maximum absolute atomic E-state index is 12.7. The SMILES string of the molecule is CN1CCN(C(=O)c2ccc3nc(NC(=O)c4cnccn4)sc3c2)CC1. The summed E-state index contributed by atoms with van der Waals surface area (Å²) in [5, 5.41) is 3.19. The molecule has 3 heterocycles. The van der Waals surface area contributed by atoms with E-state index in [1.165, 1.54) is 29.9 Å². The van der Waals surface area contributed by atoms with Crippen molar-refractivity contribution in [1.29, 1.82) is 0 Å². The molecule has 9 heteroatoms. The molecule has 138 valence electrons. The smallest absolute Gasteiger partial charge is 0.277 e. The monoisotopic (exact) mass is 382 g/mol. The molecule has 2 amide bonds. The average Bonchev–Trinajstić information content (AvgIpc) is 3.10. The molecule has 27 heavy (non-hydrogen) atoms. The number of hydrogen-bond acceptors (Lipinski definition) is 7. The van der Waals surface area contributed by atoms with Crippen LogP contribution in [-0.2, 0) is 0 Å². The molecular formula is C18H18N6O2S. The van der Waals surface area contributed by atoms with Crippen LogP contribution in [0.3, 0.4) is 0 Å². The van der Waals surface area contributed by atoms with Crippen molar-refractivity contribution in [2.45, 2.75) is 0 Å². The Morgan fingerprint density at radius 3 is 2.70 bits per heavy atom. The Kier molecular flexibility index (Phi) is 4.78. The van der Waals surface area contributed by atoms with Crippen molar-refractivity contribution in [1.82, 2.24) is 24.8 Å². The predicted octanol–water partition coefficient (Wildman–Crippen LogP) is 1.73. The van der Waals surface area contributed by atoms with E-state index in [4.69, 9.17) is 0 Å². The van der Waals surface area contributed by atoms with E-state index in [9.17, 15) is 9.59 Å². The number of nitrogens with zero attached hydrogens (tertiary/aromatic N) is 5. The van der Waals surface area contributed by atoms with Crippen LogP contribution in [0.4, 0.5) is 5.13 Å². The Balaban J connectivity index is 1.51. The van der Waals surface area contributed by atoms with Gasteiger partial charge in [0.25, 0.3) is 11.8 Å². The molecule has 0 saturated carbocycles. The van der Waals surface area contributed by atoms with Crippen LogP contribution >= 0.6 is 11.3 Å². The third kappa shape index (κ3) is 3.79. The van der Waals surface area contributed by atoms with Crippen LogP contribution in [0.1, 0.15) is 20.8 Å². The predicted molar refractivity (Wildman–Crippen MR) is 103 cm³/mol. The number of nitrogens with one attached hydrogen (secondary N) is 1. The first-order chi connectivity index (χ1) is 13.1. The molecule has 1 saturated heterocycles. The van der Waals surface area contributed by atoms with Gasteiger partial charge in [0.05, 0.1) is 16.4 Å². The summed E-state index contributed by atoms with van der Waals surface area (Å²) in [5.74, 6) is -0.334. The maximum atomic E-state index is 12.7. The minimum atomic E-state index is -0.365. The molecule has 0 spiro atoms. The van der Waals surface area contributed by atoms with Crippen LogP contribution in [-0.4, -0.2) is 69.8 Å². The number of benzene rings is 1. The largest absolute Gasteiger partial charge is 0.336 e. The van der Waals surface area contributed by atoms with E-state index in [1.807, 2.05) is 17.0 Å². The molecule has 3 aromatic rings. The van der Waals surface area contributed by atoms with Gasteiger partial charge in [-0.25, -0.2) is 9.97 Å². The van der Waals surface area contributed by atoms with E-state index in [0.29, 0.717) is 10.7 Å². The number of fused-ring (bicyclic) bond motifs is 1. The quantitative estimate of drug-likeness (QED) is 0.742. The summed E-state index contributed by atoms with van der Waals surface area (Å²) in [6.45, 7) is 3.23. The van der Waals surface area contributed by atoms with E-state index in [0.717, 1.165) is 36.4 Å². The highest BCUT2D eigenvalue weighted by Crippen LogP contribution is 2.27. The number of anilines is 1. The molecule has 1 aliphatic heterocycles. The molecular weight excluding hydrogens is 364 g/mol. The van der Waals surface area contributed by atoms with Crippen molar-refractivity contribution in [3.05, 3.63) is 48.0 Å². The van der Waals surface area contributed by atoms with Gasteiger partial charge in [-0.2, -0.15) is 0 Å². The lowest BCUT2D eigenvalue weighted by Gasteiger charge is -2.32. The van der Waals surface area contributed by atoms with Crippen molar-refractivity contribution >= 4 is 38.5 Å². The van der Waals surface area contributed by atoms with Crippen LogP contribution in [0.25, 0.3) is 10.2 Å². The highest BCUT2D eigenvalue weighted by Gasteiger charge is 2.21. The van der Waals surface area contributed by atoms with Crippen LogP contribution in [0.15, 0.2) is 36.8 Å². The van der Waals surface area contributed by atoms with Crippen molar-refractivity contribution in [3.8, 4) is 0 Å². The number of rotatable bonds is 3. The summed E-state index contributed by atoms with van der Waals surface area (Å²) in [7, 11) is 2.06. The van der Waals surface area contributed by atoms with Crippen molar-refractivity contribution in [3.63, 3.8) is 0 Å². The van der Waals surface area contributed by atoms with Gasteiger partial charge in [-0.3, -0.25) is 19.9 Å². The molecule has 0 atom stereocenters. The number of hydrogen-bond donors (Lipinski definition) is 1. The normalized spacial score (nSPS) is 15.1. The lowest BCUT2D eigenvalue weighted by Crippen LogP contribution is -2.47. The third-order valence-corrected chi connectivity index (χ3v) is 5.38. The van der Waals surface area contributed by atoms with E-state index < -0.39 is 0 Å². The number of aromatic nitrogens is 3. The van der Waals surface area contributed by atoms with Gasteiger partial charge in [-0.1, -0.05) is 11.3 Å². The van der Waals surface area contributed by atoms with E-state index in [2.05, 4.69) is 32.2 Å². The Bertz CT molecular complexity index is 982. The van der Waals surface area contributed by atoms with Crippen molar-refractivity contribution in [2.24, 2.45) is 0 Å². The Hall–Kier alpha value is -2.91. The third-order valence-electron chi connectivity index (χ3n) is 4.44. The zero-order valence-electron chi connectivity index (χ0n) is 14.8. The lowest BCUT2D eigenvalue weighted by atomic mass is 10.1. The summed E-state index contributed by atoms with van der Waals surface area (Å²) in [6, 6.07) is 5.44. The zero-order chi connectivity index (χ0) is 18.8. The summed E-state index contributed by atoms with van der Waals surface area (Å²) in [6.07, 6.45) is 4.37. The number of piperazine rings is 1. The average molecular weight is 382 g/mol. The fraction of sp³-hybridized carbons (Fsp3) is 0.278. The van der Waals surface area contributed by atoms with Gasteiger partial charge in [0, 0.05) is 44.1 Å². The fourth-order valence-electron chi connectivity index (χ4n) is 2.88. The van der Waals surface area contributed by atoms with E-state index in [1.54, 1.807) is 6.07 Å². The maximum Gasteiger partial charge on any atom is 0.277 e. The molecule has 0 unspecified atom stereocenters.